The second kappa shape index (κ2) is 5.24. The van der Waals surface area contributed by atoms with E-state index in [1.54, 1.807) is 17.4 Å². The number of thiophene rings is 1. The van der Waals surface area contributed by atoms with E-state index in [1.165, 1.54) is 10.7 Å². The second-order valence-electron chi connectivity index (χ2n) is 5.39. The first-order valence-corrected chi connectivity index (χ1v) is 9.75. The van der Waals surface area contributed by atoms with Gasteiger partial charge in [0.2, 0.25) is 16.8 Å². The predicted octanol–water partition coefficient (Wildman–Crippen LogP) is 2.59. The summed E-state index contributed by atoms with van der Waals surface area (Å²) < 4.78 is 36.2. The summed E-state index contributed by atoms with van der Waals surface area (Å²) >= 11 is 1.55. The Bertz CT molecular complexity index is 875. The van der Waals surface area contributed by atoms with Gasteiger partial charge < -0.3 is 9.47 Å². The molecule has 2 aromatic rings. The quantitative estimate of drug-likeness (QED) is 0.853. The van der Waals surface area contributed by atoms with Gasteiger partial charge in [-0.15, -0.1) is 11.3 Å². The molecule has 2 aliphatic heterocycles. The highest BCUT2D eigenvalue weighted by atomic mass is 32.2. The number of hydrazone groups is 1. The van der Waals surface area contributed by atoms with Gasteiger partial charge in [-0.1, -0.05) is 12.1 Å². The highest BCUT2D eigenvalue weighted by Crippen LogP contribution is 2.40. The van der Waals surface area contributed by atoms with Gasteiger partial charge in [0.1, 0.15) is 0 Å². The number of sulfonamides is 1. The Morgan fingerprint density at radius 3 is 2.83 bits per heavy atom. The summed E-state index contributed by atoms with van der Waals surface area (Å²) in [5.74, 6) is 1.32. The first-order valence-electron chi connectivity index (χ1n) is 7.03. The van der Waals surface area contributed by atoms with Crippen molar-refractivity contribution in [3.05, 3.63) is 46.2 Å². The van der Waals surface area contributed by atoms with Crippen LogP contribution in [0.1, 0.15) is 22.9 Å². The lowest BCUT2D eigenvalue weighted by Crippen LogP contribution is -2.25. The summed E-state index contributed by atoms with van der Waals surface area (Å²) in [4.78, 5) is 0.988. The van der Waals surface area contributed by atoms with Crippen molar-refractivity contribution in [3.8, 4) is 11.5 Å². The Kier molecular flexibility index (Phi) is 3.31. The van der Waals surface area contributed by atoms with Gasteiger partial charge in [0.15, 0.2) is 11.5 Å². The number of nitrogens with zero attached hydrogens (tertiary/aromatic N) is 2. The average molecular weight is 350 g/mol. The first kappa shape index (κ1) is 14.5. The molecule has 0 bridgehead atoms. The lowest BCUT2D eigenvalue weighted by Gasteiger charge is -2.21. The molecule has 0 radical (unpaired) electrons. The van der Waals surface area contributed by atoms with Crippen molar-refractivity contribution < 1.29 is 17.9 Å². The summed E-state index contributed by atoms with van der Waals surface area (Å²) in [6.07, 6.45) is 1.71. The van der Waals surface area contributed by atoms with Crippen molar-refractivity contribution in [2.24, 2.45) is 5.10 Å². The molecule has 4 rings (SSSR count). The first-order chi connectivity index (χ1) is 11.0. The number of hydrogen-bond acceptors (Lipinski definition) is 6. The van der Waals surface area contributed by atoms with Crippen LogP contribution >= 0.6 is 11.3 Å². The van der Waals surface area contributed by atoms with E-state index in [0.717, 1.165) is 16.2 Å². The maximum Gasteiger partial charge on any atom is 0.247 e. The Balaban J connectivity index is 1.73. The van der Waals surface area contributed by atoms with E-state index in [-0.39, 0.29) is 12.8 Å². The Morgan fingerprint density at radius 2 is 2.09 bits per heavy atom. The van der Waals surface area contributed by atoms with Gasteiger partial charge >= 0.3 is 0 Å². The zero-order chi connectivity index (χ0) is 16.0. The predicted molar refractivity (Wildman–Crippen MR) is 87.5 cm³/mol. The number of benzene rings is 1. The lowest BCUT2D eigenvalue weighted by molar-refractivity contribution is 0.174. The number of hydrogen-bond donors (Lipinski definition) is 0. The van der Waals surface area contributed by atoms with Crippen molar-refractivity contribution in [2.45, 2.75) is 12.5 Å². The highest BCUT2D eigenvalue weighted by molar-refractivity contribution is 7.88. The molecule has 1 unspecified atom stereocenters. The zero-order valence-electron chi connectivity index (χ0n) is 12.3. The summed E-state index contributed by atoms with van der Waals surface area (Å²) in [7, 11) is -3.46. The van der Waals surface area contributed by atoms with Crippen LogP contribution in [0.2, 0.25) is 0 Å². The van der Waals surface area contributed by atoms with Crippen LogP contribution in [-0.4, -0.2) is 31.6 Å². The molecule has 0 saturated heterocycles. The molecular weight excluding hydrogens is 336 g/mol. The van der Waals surface area contributed by atoms with E-state index in [2.05, 4.69) is 5.10 Å². The molecule has 3 heterocycles. The zero-order valence-corrected chi connectivity index (χ0v) is 13.9. The summed E-state index contributed by atoms with van der Waals surface area (Å²) in [6, 6.07) is 9.02. The van der Waals surface area contributed by atoms with Gasteiger partial charge in [-0.05, 0) is 29.1 Å². The third-order valence-electron chi connectivity index (χ3n) is 3.80. The number of rotatable bonds is 3. The van der Waals surface area contributed by atoms with Gasteiger partial charge in [-0.3, -0.25) is 0 Å². The Morgan fingerprint density at radius 1 is 1.26 bits per heavy atom. The maximum absolute atomic E-state index is 12.1. The van der Waals surface area contributed by atoms with Gasteiger partial charge in [-0.2, -0.15) is 9.52 Å². The third kappa shape index (κ3) is 2.57. The van der Waals surface area contributed by atoms with Crippen LogP contribution < -0.4 is 9.47 Å². The third-order valence-corrected chi connectivity index (χ3v) is 5.73. The molecule has 1 atom stereocenters. The number of fused-ring (bicyclic) bond motifs is 1. The normalized spacial score (nSPS) is 20.0. The molecule has 1 aromatic heterocycles. The molecule has 8 heteroatoms. The van der Waals surface area contributed by atoms with E-state index < -0.39 is 10.0 Å². The van der Waals surface area contributed by atoms with Crippen LogP contribution in [-0.2, 0) is 10.0 Å². The molecule has 0 saturated carbocycles. The average Bonchev–Trinajstić information content (AvgIpc) is 3.24. The highest BCUT2D eigenvalue weighted by Gasteiger charge is 2.35. The van der Waals surface area contributed by atoms with Gasteiger partial charge in [-0.25, -0.2) is 8.42 Å². The van der Waals surface area contributed by atoms with Crippen molar-refractivity contribution in [1.82, 2.24) is 4.41 Å². The van der Waals surface area contributed by atoms with Crippen molar-refractivity contribution >= 4 is 27.1 Å². The largest absolute Gasteiger partial charge is 0.454 e. The molecule has 6 nitrogen and oxygen atoms in total. The molecule has 0 N–H and O–H groups in total. The van der Waals surface area contributed by atoms with Crippen LogP contribution in [0.25, 0.3) is 0 Å². The minimum absolute atomic E-state index is 0.191. The second-order valence-corrected chi connectivity index (χ2v) is 8.18. The SMILES string of the molecule is CS(=O)(=O)N1N=C(c2cccs2)CC1c1ccc2c(c1)OCO2. The molecule has 23 heavy (non-hydrogen) atoms. The van der Waals surface area contributed by atoms with Crippen molar-refractivity contribution in [2.75, 3.05) is 13.0 Å². The molecule has 120 valence electrons. The van der Waals surface area contributed by atoms with E-state index in [0.29, 0.717) is 17.9 Å². The van der Waals surface area contributed by atoms with Crippen LogP contribution in [0.5, 0.6) is 11.5 Å². The van der Waals surface area contributed by atoms with Crippen LogP contribution in [0.3, 0.4) is 0 Å². The van der Waals surface area contributed by atoms with Gasteiger partial charge in [0.05, 0.1) is 22.9 Å². The van der Waals surface area contributed by atoms with Crippen LogP contribution in [0, 0.1) is 0 Å². The summed E-state index contributed by atoms with van der Waals surface area (Å²) in [5.41, 5.74) is 1.63. The molecular formula is C15H14N2O4S2. The molecule has 0 aliphatic carbocycles. The van der Waals surface area contributed by atoms with E-state index in [4.69, 9.17) is 9.47 Å². The maximum atomic E-state index is 12.1. The molecule has 1 aromatic carbocycles. The number of ether oxygens (including phenoxy) is 2. The Hall–Kier alpha value is -2.06. The van der Waals surface area contributed by atoms with Crippen LogP contribution in [0.4, 0.5) is 0 Å². The van der Waals surface area contributed by atoms with Crippen molar-refractivity contribution in [3.63, 3.8) is 0 Å². The molecule has 2 aliphatic rings. The monoisotopic (exact) mass is 350 g/mol. The summed E-state index contributed by atoms with van der Waals surface area (Å²) in [5, 5.41) is 6.31. The Labute approximate surface area is 138 Å². The molecule has 0 amide bonds. The fourth-order valence-corrected chi connectivity index (χ4v) is 4.38. The van der Waals surface area contributed by atoms with Crippen molar-refractivity contribution in [1.29, 1.82) is 0 Å². The topological polar surface area (TPSA) is 68.2 Å². The smallest absolute Gasteiger partial charge is 0.247 e. The fourth-order valence-electron chi connectivity index (χ4n) is 2.75. The molecule has 0 spiro atoms. The lowest BCUT2D eigenvalue weighted by atomic mass is 10.0. The van der Waals surface area contributed by atoms with E-state index >= 15 is 0 Å². The standard InChI is InChI=1S/C15H14N2O4S2/c1-23(18,19)17-12(8-11(16-17)15-3-2-6-22-15)10-4-5-13-14(7-10)21-9-20-13/h2-7,12H,8-9H2,1H3. The van der Waals surface area contributed by atoms with Gasteiger partial charge in [0, 0.05) is 6.42 Å². The molecule has 0 fully saturated rings. The minimum Gasteiger partial charge on any atom is -0.454 e. The fraction of sp³-hybridized carbons (Fsp3) is 0.267. The van der Waals surface area contributed by atoms with E-state index in [9.17, 15) is 8.42 Å². The minimum atomic E-state index is -3.46. The van der Waals surface area contributed by atoms with Gasteiger partial charge in [0.25, 0.3) is 0 Å². The van der Waals surface area contributed by atoms with E-state index in [1.807, 2.05) is 29.6 Å². The van der Waals surface area contributed by atoms with Crippen LogP contribution in [0.15, 0.2) is 40.8 Å². The summed E-state index contributed by atoms with van der Waals surface area (Å²) in [6.45, 7) is 0.191.